The number of aliphatic hydroxyl groups excluding tert-OH is 7. The van der Waals surface area contributed by atoms with Gasteiger partial charge in [0.05, 0.1) is 19.1 Å². The van der Waals surface area contributed by atoms with E-state index in [1.54, 1.807) is 0 Å². The van der Waals surface area contributed by atoms with Crippen molar-refractivity contribution in [3.05, 3.63) is 0 Å². The van der Waals surface area contributed by atoms with Crippen molar-refractivity contribution < 1.29 is 121 Å². The largest absolute Gasteiger partial charge is 3.00 e. The fourth-order valence-electron chi connectivity index (χ4n) is 6.82. The van der Waals surface area contributed by atoms with Crippen LogP contribution in [-0.2, 0) is 64.8 Å². The predicted molar refractivity (Wildman–Crippen MR) is 227 cm³/mol. The SMILES string of the molecule is CNC(CO)[C@H]1OC(O)[C@H](O[C@H]2O[C@H](COC(=O)CCC(=O)N(O)CCCCCNC(=O)CCC(=O)N(O)CCCCCNC(=O)CCC(=O)N(O)CCCCO)[C@@H](O)[C@H](O)C2=NO)[C@@H](O)[C@@H]1O.[Fe+3]. The molecular weight excluding hydrogens is 970 g/mol. The van der Waals surface area contributed by atoms with Gasteiger partial charge in [-0.1, -0.05) is 5.16 Å². The van der Waals surface area contributed by atoms with Crippen molar-refractivity contribution in [1.29, 1.82) is 0 Å². The second-order valence-electron chi connectivity index (χ2n) is 16.1. The van der Waals surface area contributed by atoms with Crippen LogP contribution >= 0.6 is 0 Å². The molecule has 397 valence electrons. The molecule has 10 atom stereocenters. The summed E-state index contributed by atoms with van der Waals surface area (Å²) >= 11 is 0. The van der Waals surface area contributed by atoms with E-state index in [0.717, 1.165) is 0 Å². The number of nitrogens with zero attached hydrogens (tertiary/aromatic N) is 4. The Morgan fingerprint density at radius 3 is 1.62 bits per heavy atom. The van der Waals surface area contributed by atoms with E-state index >= 15 is 0 Å². The van der Waals surface area contributed by atoms with Crippen molar-refractivity contribution in [3.63, 3.8) is 0 Å². The number of carbonyl (C=O) groups is 6. The van der Waals surface area contributed by atoms with Gasteiger partial charge in [0.25, 0.3) is 0 Å². The number of unbranched alkanes of at least 4 members (excludes halogenated alkanes) is 5. The molecule has 0 aliphatic carbocycles. The number of esters is 1. The van der Waals surface area contributed by atoms with Crippen molar-refractivity contribution in [2.24, 2.45) is 5.16 Å². The molecule has 2 unspecified atom stereocenters. The van der Waals surface area contributed by atoms with Crippen LogP contribution in [0, 0.1) is 0 Å². The summed E-state index contributed by atoms with van der Waals surface area (Å²) in [4.78, 5) is 73.0. The predicted octanol–water partition coefficient (Wildman–Crippen LogP) is -4.45. The van der Waals surface area contributed by atoms with Crippen LogP contribution in [0.15, 0.2) is 5.16 Å². The number of likely N-dealkylation sites (N-methyl/N-ethyl adjacent to an activating group) is 1. The monoisotopic (exact) mass is 1040 g/mol. The molecule has 28 nitrogen and oxygen atoms in total. The van der Waals surface area contributed by atoms with Crippen LogP contribution in [0.25, 0.3) is 0 Å². The van der Waals surface area contributed by atoms with Gasteiger partial charge >= 0.3 is 23.0 Å². The Hall–Kier alpha value is -3.75. The van der Waals surface area contributed by atoms with E-state index in [0.29, 0.717) is 73.1 Å². The van der Waals surface area contributed by atoms with Crippen molar-refractivity contribution in [2.45, 2.75) is 151 Å². The third-order valence-corrected chi connectivity index (χ3v) is 11.0. The standard InChI is InChI=1S/C40H71N7O21.Fe/c1-41-24(22-49)37-35(58)36(59)38(39(60)67-37)68-40-32(44-61)34(57)33(56)25(66-40)23-65-31(55)15-14-30(54)46(63)19-7-3-5-17-42-26(50)10-12-28(52)45(62)18-6-2-4-16-43-27(51)11-13-29(53)47(64)20-8-9-21-48;/h24-25,33-41,48-49,56-64H,2-23H2,1H3,(H,42,50)(H,43,51);/q;+3/t24?,25-,33-,34-,35+,36+,37-,38-,39?,40-;/m1./s1. The zero-order chi connectivity index (χ0) is 50.8. The number of hydroxylamine groups is 6. The van der Waals surface area contributed by atoms with E-state index < -0.39 is 123 Å². The number of hydrogen-bond acceptors (Lipinski definition) is 23. The number of ether oxygens (including phenoxy) is 4. The summed E-state index contributed by atoms with van der Waals surface area (Å²) in [6.45, 7) is -0.763. The molecule has 0 bridgehead atoms. The van der Waals surface area contributed by atoms with Crippen LogP contribution in [0.5, 0.6) is 0 Å². The topological polar surface area (TPSA) is 420 Å². The molecule has 2 heterocycles. The maximum absolute atomic E-state index is 12.4. The minimum absolute atomic E-state index is 0. The van der Waals surface area contributed by atoms with Crippen LogP contribution in [0.3, 0.4) is 0 Å². The van der Waals surface area contributed by atoms with Crippen LogP contribution in [0.2, 0.25) is 0 Å². The molecule has 14 N–H and O–H groups in total. The van der Waals surface area contributed by atoms with E-state index in [9.17, 15) is 80.2 Å². The van der Waals surface area contributed by atoms with Gasteiger partial charge in [0.15, 0.2) is 6.29 Å². The minimum Gasteiger partial charge on any atom is -0.463 e. The Balaban J connectivity index is 0.0000238. The first-order chi connectivity index (χ1) is 32.4. The quantitative estimate of drug-likeness (QED) is 0.00755. The number of oxime groups is 1. The third kappa shape index (κ3) is 22.5. The summed E-state index contributed by atoms with van der Waals surface area (Å²) < 4.78 is 21.4. The number of aliphatic hydroxyl groups is 7. The van der Waals surface area contributed by atoms with Gasteiger partial charge in [-0.05, 0) is 58.4 Å². The van der Waals surface area contributed by atoms with Gasteiger partial charge in [-0.25, -0.2) is 15.2 Å². The maximum atomic E-state index is 12.4. The fraction of sp³-hybridized carbons (Fsp3) is 0.825. The van der Waals surface area contributed by atoms with Gasteiger partial charge in [0, 0.05) is 71.4 Å². The molecule has 2 fully saturated rings. The molecule has 2 aliphatic rings. The second-order valence-corrected chi connectivity index (χ2v) is 16.1. The van der Waals surface area contributed by atoms with Gasteiger partial charge in [-0.3, -0.25) is 44.4 Å². The molecule has 0 aromatic carbocycles. The van der Waals surface area contributed by atoms with Crippen LogP contribution < -0.4 is 16.0 Å². The van der Waals surface area contributed by atoms with Crippen molar-refractivity contribution in [1.82, 2.24) is 31.1 Å². The Morgan fingerprint density at radius 2 is 1.16 bits per heavy atom. The van der Waals surface area contributed by atoms with Crippen molar-refractivity contribution >= 4 is 41.2 Å². The normalized spacial score (nSPS) is 24.4. The first kappa shape index (κ1) is 63.3. The van der Waals surface area contributed by atoms with E-state index in [1.807, 2.05) is 0 Å². The average Bonchev–Trinajstić information content (AvgIpc) is 3.32. The Labute approximate surface area is 408 Å². The number of amides is 5. The molecule has 5 amide bonds. The Kier molecular flexibility index (Phi) is 31.7. The fourth-order valence-corrected chi connectivity index (χ4v) is 6.82. The molecule has 2 aliphatic heterocycles. The van der Waals surface area contributed by atoms with Crippen LogP contribution in [0.1, 0.15) is 89.9 Å². The molecule has 0 aromatic rings. The molecule has 2 saturated heterocycles. The summed E-state index contributed by atoms with van der Waals surface area (Å²) in [6.07, 6.45) is -13.7. The average molecular weight is 1040 g/mol. The molecule has 1 radical (unpaired) electrons. The van der Waals surface area contributed by atoms with E-state index in [4.69, 9.17) is 24.1 Å². The van der Waals surface area contributed by atoms with Crippen LogP contribution in [0.4, 0.5) is 0 Å². The second kappa shape index (κ2) is 34.6. The van der Waals surface area contributed by atoms with E-state index in [1.165, 1.54) is 7.05 Å². The number of rotatable bonds is 32. The first-order valence-corrected chi connectivity index (χ1v) is 22.5. The summed E-state index contributed by atoms with van der Waals surface area (Å²) in [6, 6.07) is -0.898. The molecule has 0 saturated carbocycles. The smallest absolute Gasteiger partial charge is 0.463 e. The Morgan fingerprint density at radius 1 is 0.667 bits per heavy atom. The molecule has 29 heteroatoms. The summed E-state index contributed by atoms with van der Waals surface area (Å²) in [7, 11) is 1.44. The summed E-state index contributed by atoms with van der Waals surface area (Å²) in [5.41, 5.74) is -0.698. The van der Waals surface area contributed by atoms with E-state index in [2.05, 4.69) is 21.1 Å². The number of carbonyl (C=O) groups excluding carboxylic acids is 6. The first-order valence-electron chi connectivity index (χ1n) is 22.5. The third-order valence-electron chi connectivity index (χ3n) is 11.0. The van der Waals surface area contributed by atoms with Gasteiger partial charge in [-0.2, -0.15) is 0 Å². The molecule has 0 aromatic heterocycles. The van der Waals surface area contributed by atoms with E-state index in [-0.39, 0.29) is 81.4 Å². The van der Waals surface area contributed by atoms with Crippen molar-refractivity contribution in [3.8, 4) is 0 Å². The molecule has 69 heavy (non-hydrogen) atoms. The zero-order valence-corrected chi connectivity index (χ0v) is 39.6. The van der Waals surface area contributed by atoms with Gasteiger partial charge in [-0.15, -0.1) is 0 Å². The Bertz CT molecular complexity index is 1590. The summed E-state index contributed by atoms with van der Waals surface area (Å²) in [5.74, 6) is -3.80. The molecule has 2 rings (SSSR count). The zero-order valence-electron chi connectivity index (χ0n) is 38.5. The number of nitrogens with one attached hydrogen (secondary N) is 3. The van der Waals surface area contributed by atoms with Gasteiger partial charge < -0.3 is 75.9 Å². The van der Waals surface area contributed by atoms with Gasteiger partial charge in [0.2, 0.25) is 35.8 Å². The maximum Gasteiger partial charge on any atom is 3.00 e. The number of hydrogen-bond donors (Lipinski definition) is 14. The minimum atomic E-state index is -1.96. The molecule has 0 spiro atoms. The van der Waals surface area contributed by atoms with Crippen LogP contribution in [-0.4, -0.2) is 234 Å². The molecular formula is C40H71FeN7O21+3. The summed E-state index contributed by atoms with van der Waals surface area (Å²) in [5, 5.41) is 123. The van der Waals surface area contributed by atoms with Crippen molar-refractivity contribution in [2.75, 3.05) is 59.6 Å². The van der Waals surface area contributed by atoms with Gasteiger partial charge in [0.1, 0.15) is 55.0 Å².